The van der Waals surface area contributed by atoms with Gasteiger partial charge in [-0.25, -0.2) is 0 Å². The molecule has 1 aliphatic heterocycles. The summed E-state index contributed by atoms with van der Waals surface area (Å²) in [6.45, 7) is 6.05. The van der Waals surface area contributed by atoms with Gasteiger partial charge in [0, 0.05) is 12.0 Å². The van der Waals surface area contributed by atoms with Gasteiger partial charge in [0.2, 0.25) is 0 Å². The lowest BCUT2D eigenvalue weighted by molar-refractivity contribution is -0.138. The number of rotatable bonds is 8. The van der Waals surface area contributed by atoms with E-state index in [2.05, 4.69) is 6.92 Å². The van der Waals surface area contributed by atoms with E-state index in [0.29, 0.717) is 6.61 Å². The van der Waals surface area contributed by atoms with E-state index in [1.165, 1.54) is 0 Å². The second-order valence-electron chi connectivity index (χ2n) is 5.41. The van der Waals surface area contributed by atoms with Crippen molar-refractivity contribution in [3.8, 4) is 11.5 Å². The molecule has 0 bridgehead atoms. The first-order valence-electron chi connectivity index (χ1n) is 6.75. The minimum Gasteiger partial charge on any atom is -0.508 e. The molecular formula is C15H22O4. The van der Waals surface area contributed by atoms with Gasteiger partial charge in [0.1, 0.15) is 11.5 Å². The predicted octanol–water partition coefficient (Wildman–Crippen LogP) is 2.60. The van der Waals surface area contributed by atoms with Crippen molar-refractivity contribution in [1.82, 2.24) is 0 Å². The molecule has 1 aromatic carbocycles. The summed E-state index contributed by atoms with van der Waals surface area (Å²) in [5, 5.41) is 9.14. The molecule has 0 spiro atoms. The Morgan fingerprint density at radius 3 is 2.47 bits per heavy atom. The molecule has 1 heterocycles. The van der Waals surface area contributed by atoms with Crippen LogP contribution < -0.4 is 4.74 Å². The van der Waals surface area contributed by atoms with E-state index in [4.69, 9.17) is 19.3 Å². The average molecular weight is 266 g/mol. The van der Waals surface area contributed by atoms with Gasteiger partial charge in [0.05, 0.1) is 26.4 Å². The summed E-state index contributed by atoms with van der Waals surface area (Å²) in [6, 6.07) is 6.78. The van der Waals surface area contributed by atoms with Crippen molar-refractivity contribution in [2.75, 3.05) is 33.0 Å². The zero-order valence-corrected chi connectivity index (χ0v) is 11.4. The van der Waals surface area contributed by atoms with Crippen LogP contribution in [0.2, 0.25) is 0 Å². The monoisotopic (exact) mass is 266 g/mol. The topological polar surface area (TPSA) is 47.9 Å². The molecule has 0 atom stereocenters. The average Bonchev–Trinajstić information content (AvgIpc) is 2.38. The van der Waals surface area contributed by atoms with Gasteiger partial charge in [0.15, 0.2) is 0 Å². The minimum atomic E-state index is 0.239. The van der Waals surface area contributed by atoms with Crippen molar-refractivity contribution in [2.45, 2.75) is 19.8 Å². The maximum Gasteiger partial charge on any atom is 0.119 e. The first kappa shape index (κ1) is 14.2. The van der Waals surface area contributed by atoms with Crippen LogP contribution in [0.25, 0.3) is 0 Å². The maximum absolute atomic E-state index is 9.14. The molecule has 2 rings (SSSR count). The Bertz CT molecular complexity index is 370. The smallest absolute Gasteiger partial charge is 0.119 e. The van der Waals surface area contributed by atoms with Crippen LogP contribution in [0.4, 0.5) is 0 Å². The van der Waals surface area contributed by atoms with E-state index in [1.807, 2.05) is 0 Å². The molecule has 1 saturated heterocycles. The Labute approximate surface area is 114 Å². The van der Waals surface area contributed by atoms with Gasteiger partial charge in [-0.1, -0.05) is 6.92 Å². The van der Waals surface area contributed by atoms with Crippen molar-refractivity contribution in [1.29, 1.82) is 0 Å². The van der Waals surface area contributed by atoms with Gasteiger partial charge < -0.3 is 19.3 Å². The van der Waals surface area contributed by atoms with Crippen molar-refractivity contribution < 1.29 is 19.3 Å². The van der Waals surface area contributed by atoms with E-state index in [-0.39, 0.29) is 11.2 Å². The molecule has 1 aromatic rings. The van der Waals surface area contributed by atoms with Crippen LogP contribution >= 0.6 is 0 Å². The van der Waals surface area contributed by atoms with Gasteiger partial charge in [-0.15, -0.1) is 0 Å². The number of benzene rings is 1. The van der Waals surface area contributed by atoms with Gasteiger partial charge in [-0.2, -0.15) is 0 Å². The van der Waals surface area contributed by atoms with E-state index < -0.39 is 0 Å². The summed E-state index contributed by atoms with van der Waals surface area (Å²) < 4.78 is 16.4. The van der Waals surface area contributed by atoms with Crippen LogP contribution in [0.1, 0.15) is 19.8 Å². The van der Waals surface area contributed by atoms with Gasteiger partial charge in [-0.05, 0) is 37.1 Å². The van der Waals surface area contributed by atoms with Crippen LogP contribution in [0, 0.1) is 5.41 Å². The van der Waals surface area contributed by atoms with Gasteiger partial charge in [0.25, 0.3) is 0 Å². The van der Waals surface area contributed by atoms with Crippen molar-refractivity contribution in [3.63, 3.8) is 0 Å². The van der Waals surface area contributed by atoms with E-state index in [1.54, 1.807) is 24.3 Å². The molecule has 4 nitrogen and oxygen atoms in total. The zero-order chi connectivity index (χ0) is 13.6. The van der Waals surface area contributed by atoms with Crippen LogP contribution in [0.15, 0.2) is 24.3 Å². The van der Waals surface area contributed by atoms with E-state index >= 15 is 0 Å². The second-order valence-corrected chi connectivity index (χ2v) is 5.41. The summed E-state index contributed by atoms with van der Waals surface area (Å²) >= 11 is 0. The van der Waals surface area contributed by atoms with Crippen molar-refractivity contribution in [3.05, 3.63) is 24.3 Å². The normalized spacial score (nSPS) is 16.9. The van der Waals surface area contributed by atoms with Gasteiger partial charge in [-0.3, -0.25) is 0 Å². The molecule has 0 aliphatic carbocycles. The molecule has 0 saturated carbocycles. The maximum atomic E-state index is 9.14. The fourth-order valence-electron chi connectivity index (χ4n) is 1.89. The Balaban J connectivity index is 1.47. The third-order valence-electron chi connectivity index (χ3n) is 3.14. The molecule has 19 heavy (non-hydrogen) atoms. The summed E-state index contributed by atoms with van der Waals surface area (Å²) in [5.74, 6) is 1.05. The minimum absolute atomic E-state index is 0.239. The summed E-state index contributed by atoms with van der Waals surface area (Å²) in [6.07, 6.45) is 1.96. The fraction of sp³-hybridized carbons (Fsp3) is 0.600. The highest BCUT2D eigenvalue weighted by Gasteiger charge is 2.33. The fourth-order valence-corrected chi connectivity index (χ4v) is 1.89. The highest BCUT2D eigenvalue weighted by molar-refractivity contribution is 5.29. The first-order chi connectivity index (χ1) is 9.18. The highest BCUT2D eigenvalue weighted by atomic mass is 16.5. The number of phenolic OH excluding ortho intramolecular Hbond substituents is 1. The first-order valence-corrected chi connectivity index (χ1v) is 6.75. The SMILES string of the molecule is CC1(COCCCCOc2ccc(O)cc2)COC1. The molecule has 0 amide bonds. The largest absolute Gasteiger partial charge is 0.508 e. The lowest BCUT2D eigenvalue weighted by Gasteiger charge is -2.37. The number of ether oxygens (including phenoxy) is 3. The standard InChI is InChI=1S/C15H22O4/c1-15(11-18-12-15)10-17-8-2-3-9-19-14-6-4-13(16)5-7-14/h4-7,16H,2-3,8-12H2,1H3. The van der Waals surface area contributed by atoms with Gasteiger partial charge >= 0.3 is 0 Å². The van der Waals surface area contributed by atoms with Crippen molar-refractivity contribution in [2.24, 2.45) is 5.41 Å². The number of aromatic hydroxyl groups is 1. The molecule has 0 aromatic heterocycles. The Hall–Kier alpha value is -1.26. The molecule has 106 valence electrons. The molecule has 1 aliphatic rings. The molecule has 0 unspecified atom stereocenters. The number of phenols is 1. The third kappa shape index (κ3) is 4.73. The molecule has 4 heteroatoms. The summed E-state index contributed by atoms with van der Waals surface area (Å²) in [4.78, 5) is 0. The Kier molecular flexibility index (Phi) is 5.05. The predicted molar refractivity (Wildman–Crippen MR) is 72.6 cm³/mol. The summed E-state index contributed by atoms with van der Waals surface area (Å²) in [7, 11) is 0. The van der Waals surface area contributed by atoms with Crippen LogP contribution in [0.5, 0.6) is 11.5 Å². The number of hydrogen-bond acceptors (Lipinski definition) is 4. The number of hydrogen-bond donors (Lipinski definition) is 1. The molecule has 1 fully saturated rings. The third-order valence-corrected chi connectivity index (χ3v) is 3.14. The van der Waals surface area contributed by atoms with E-state index in [0.717, 1.165) is 45.0 Å². The molecule has 1 N–H and O–H groups in total. The Morgan fingerprint density at radius 1 is 1.16 bits per heavy atom. The molecular weight excluding hydrogens is 244 g/mol. The lowest BCUT2D eigenvalue weighted by atomic mass is 9.90. The number of unbranched alkanes of at least 4 members (excludes halogenated alkanes) is 1. The van der Waals surface area contributed by atoms with E-state index in [9.17, 15) is 0 Å². The highest BCUT2D eigenvalue weighted by Crippen LogP contribution is 2.26. The second kappa shape index (κ2) is 6.78. The summed E-state index contributed by atoms with van der Waals surface area (Å²) in [5.41, 5.74) is 0.239. The van der Waals surface area contributed by atoms with Crippen molar-refractivity contribution >= 4 is 0 Å². The molecule has 0 radical (unpaired) electrons. The lowest BCUT2D eigenvalue weighted by Crippen LogP contribution is -2.43. The van der Waals surface area contributed by atoms with Crippen LogP contribution in [-0.4, -0.2) is 38.1 Å². The zero-order valence-electron chi connectivity index (χ0n) is 11.4. The van der Waals surface area contributed by atoms with Crippen LogP contribution in [0.3, 0.4) is 0 Å². The quantitative estimate of drug-likeness (QED) is 0.735. The van der Waals surface area contributed by atoms with Crippen LogP contribution in [-0.2, 0) is 9.47 Å². The Morgan fingerprint density at radius 2 is 1.84 bits per heavy atom.